The number of rotatable bonds is 3. The third-order valence-corrected chi connectivity index (χ3v) is 3.19. The summed E-state index contributed by atoms with van der Waals surface area (Å²) in [5.41, 5.74) is 6.97. The van der Waals surface area contributed by atoms with E-state index in [1.165, 1.54) is 18.9 Å². The van der Waals surface area contributed by atoms with E-state index in [0.717, 1.165) is 25.0 Å². The SMILES string of the molecule is CC(C)CC1(C(N)=CC#N)CCCC1. The van der Waals surface area contributed by atoms with Crippen molar-refractivity contribution >= 4 is 0 Å². The molecule has 0 amide bonds. The van der Waals surface area contributed by atoms with E-state index in [4.69, 9.17) is 11.0 Å². The van der Waals surface area contributed by atoms with Gasteiger partial charge in [-0.05, 0) is 25.2 Å². The lowest BCUT2D eigenvalue weighted by atomic mass is 9.76. The molecule has 0 aliphatic heterocycles. The number of nitrogens with zero attached hydrogens (tertiary/aromatic N) is 1. The second-order valence-corrected chi connectivity index (χ2v) is 4.81. The van der Waals surface area contributed by atoms with Crippen molar-refractivity contribution in [2.45, 2.75) is 46.0 Å². The van der Waals surface area contributed by atoms with E-state index >= 15 is 0 Å². The number of nitrogens with two attached hydrogens (primary N) is 1. The second-order valence-electron chi connectivity index (χ2n) is 4.81. The highest BCUT2D eigenvalue weighted by Crippen LogP contribution is 2.46. The molecule has 2 heteroatoms. The van der Waals surface area contributed by atoms with Gasteiger partial charge >= 0.3 is 0 Å². The van der Waals surface area contributed by atoms with Crippen LogP contribution in [0.15, 0.2) is 11.8 Å². The summed E-state index contributed by atoms with van der Waals surface area (Å²) in [5.74, 6) is 0.652. The first-order valence-corrected chi connectivity index (χ1v) is 5.46. The Bertz CT molecular complexity index is 252. The molecule has 0 saturated heterocycles. The predicted octanol–water partition coefficient (Wildman–Crippen LogP) is 2.96. The quantitative estimate of drug-likeness (QED) is 0.699. The summed E-state index contributed by atoms with van der Waals surface area (Å²) < 4.78 is 0. The summed E-state index contributed by atoms with van der Waals surface area (Å²) in [7, 11) is 0. The zero-order valence-electron chi connectivity index (χ0n) is 9.21. The molecule has 0 unspecified atom stereocenters. The Hall–Kier alpha value is -0.970. The van der Waals surface area contributed by atoms with Crippen molar-refractivity contribution < 1.29 is 0 Å². The van der Waals surface area contributed by atoms with Crippen molar-refractivity contribution in [3.8, 4) is 6.07 Å². The van der Waals surface area contributed by atoms with Gasteiger partial charge in [0.05, 0.1) is 6.07 Å². The maximum absolute atomic E-state index is 8.64. The Balaban J connectivity index is 2.82. The highest BCUT2D eigenvalue weighted by Gasteiger charge is 2.36. The van der Waals surface area contributed by atoms with Crippen LogP contribution < -0.4 is 5.73 Å². The van der Waals surface area contributed by atoms with Gasteiger partial charge in [0.1, 0.15) is 0 Å². The average molecular weight is 192 g/mol. The number of nitriles is 1. The Labute approximate surface area is 86.8 Å². The van der Waals surface area contributed by atoms with Crippen LogP contribution in [0.4, 0.5) is 0 Å². The standard InChI is InChI=1S/C12H20N2/c1-10(2)9-12(6-3-4-7-12)11(14)5-8-13/h5,10H,3-4,6-7,9,14H2,1-2H3. The molecule has 0 atom stereocenters. The molecule has 0 radical (unpaired) electrons. The molecule has 0 aromatic heterocycles. The van der Waals surface area contributed by atoms with Crippen LogP contribution in [0.25, 0.3) is 0 Å². The van der Waals surface area contributed by atoms with E-state index in [-0.39, 0.29) is 5.41 Å². The fourth-order valence-electron chi connectivity index (χ4n) is 2.67. The molecular weight excluding hydrogens is 172 g/mol. The van der Waals surface area contributed by atoms with Crippen LogP contribution in [0.3, 0.4) is 0 Å². The van der Waals surface area contributed by atoms with Gasteiger partial charge in [0.15, 0.2) is 0 Å². The maximum Gasteiger partial charge on any atom is 0.0930 e. The smallest absolute Gasteiger partial charge is 0.0930 e. The minimum absolute atomic E-state index is 0.143. The van der Waals surface area contributed by atoms with Gasteiger partial charge in [-0.1, -0.05) is 26.7 Å². The zero-order valence-corrected chi connectivity index (χ0v) is 9.21. The fourth-order valence-corrected chi connectivity index (χ4v) is 2.67. The molecule has 1 rings (SSSR count). The molecular formula is C12H20N2. The third-order valence-electron chi connectivity index (χ3n) is 3.19. The molecule has 1 aliphatic carbocycles. The van der Waals surface area contributed by atoms with Crippen molar-refractivity contribution in [1.82, 2.24) is 0 Å². The largest absolute Gasteiger partial charge is 0.401 e. The van der Waals surface area contributed by atoms with E-state index in [1.807, 2.05) is 0 Å². The Morgan fingerprint density at radius 3 is 2.50 bits per heavy atom. The third kappa shape index (κ3) is 2.29. The predicted molar refractivity (Wildman–Crippen MR) is 58.2 cm³/mol. The summed E-state index contributed by atoms with van der Waals surface area (Å²) in [6, 6.07) is 2.06. The van der Waals surface area contributed by atoms with Gasteiger partial charge in [-0.15, -0.1) is 0 Å². The fraction of sp³-hybridized carbons (Fsp3) is 0.750. The van der Waals surface area contributed by atoms with Gasteiger partial charge in [-0.25, -0.2) is 0 Å². The maximum atomic E-state index is 8.64. The van der Waals surface area contributed by atoms with E-state index in [1.54, 1.807) is 0 Å². The lowest BCUT2D eigenvalue weighted by Gasteiger charge is -2.31. The first kappa shape index (κ1) is 11.1. The molecule has 0 aromatic carbocycles. The summed E-state index contributed by atoms with van der Waals surface area (Å²) in [5, 5.41) is 8.64. The highest BCUT2D eigenvalue weighted by atomic mass is 14.7. The van der Waals surface area contributed by atoms with Gasteiger partial charge in [-0.2, -0.15) is 5.26 Å². The molecule has 0 bridgehead atoms. The molecule has 14 heavy (non-hydrogen) atoms. The zero-order chi connectivity index (χ0) is 10.6. The van der Waals surface area contributed by atoms with Crippen molar-refractivity contribution in [1.29, 1.82) is 5.26 Å². The monoisotopic (exact) mass is 192 g/mol. The molecule has 1 saturated carbocycles. The average Bonchev–Trinajstić information content (AvgIpc) is 2.53. The normalized spacial score (nSPS) is 21.1. The van der Waals surface area contributed by atoms with Crippen LogP contribution in [0.2, 0.25) is 0 Å². The van der Waals surface area contributed by atoms with E-state index in [2.05, 4.69) is 19.9 Å². The Kier molecular flexibility index (Phi) is 3.57. The molecule has 1 aliphatic rings. The topological polar surface area (TPSA) is 49.8 Å². The molecule has 0 heterocycles. The van der Waals surface area contributed by atoms with Crippen LogP contribution in [-0.2, 0) is 0 Å². The summed E-state index contributed by atoms with van der Waals surface area (Å²) in [6.45, 7) is 4.44. The molecule has 2 N–H and O–H groups in total. The molecule has 78 valence electrons. The van der Waals surface area contributed by atoms with Crippen molar-refractivity contribution in [3.63, 3.8) is 0 Å². The van der Waals surface area contributed by atoms with Gasteiger partial charge in [0.2, 0.25) is 0 Å². The number of hydrogen-bond donors (Lipinski definition) is 1. The Morgan fingerprint density at radius 1 is 1.50 bits per heavy atom. The number of hydrogen-bond acceptors (Lipinski definition) is 2. The van der Waals surface area contributed by atoms with E-state index in [0.29, 0.717) is 5.92 Å². The van der Waals surface area contributed by atoms with E-state index in [9.17, 15) is 0 Å². The van der Waals surface area contributed by atoms with Gasteiger partial charge in [0, 0.05) is 17.2 Å². The van der Waals surface area contributed by atoms with Gasteiger partial charge in [0.25, 0.3) is 0 Å². The van der Waals surface area contributed by atoms with Crippen LogP contribution in [0, 0.1) is 22.7 Å². The molecule has 1 fully saturated rings. The van der Waals surface area contributed by atoms with Crippen molar-refractivity contribution in [2.24, 2.45) is 17.1 Å². The van der Waals surface area contributed by atoms with Gasteiger partial charge < -0.3 is 5.73 Å². The second kappa shape index (κ2) is 4.50. The lowest BCUT2D eigenvalue weighted by Crippen LogP contribution is -2.26. The molecule has 0 spiro atoms. The van der Waals surface area contributed by atoms with Crippen LogP contribution >= 0.6 is 0 Å². The molecule has 0 aromatic rings. The highest BCUT2D eigenvalue weighted by molar-refractivity contribution is 5.20. The summed E-state index contributed by atoms with van der Waals surface area (Å²) in [4.78, 5) is 0. The summed E-state index contributed by atoms with van der Waals surface area (Å²) >= 11 is 0. The minimum atomic E-state index is 0.143. The first-order chi connectivity index (χ1) is 6.60. The first-order valence-electron chi connectivity index (χ1n) is 5.46. The summed E-state index contributed by atoms with van der Waals surface area (Å²) in [6.07, 6.45) is 7.49. The van der Waals surface area contributed by atoms with Crippen LogP contribution in [0.1, 0.15) is 46.0 Å². The van der Waals surface area contributed by atoms with Gasteiger partial charge in [-0.3, -0.25) is 0 Å². The van der Waals surface area contributed by atoms with Crippen molar-refractivity contribution in [3.05, 3.63) is 11.8 Å². The Morgan fingerprint density at radius 2 is 2.07 bits per heavy atom. The van der Waals surface area contributed by atoms with Crippen molar-refractivity contribution in [2.75, 3.05) is 0 Å². The molecule has 2 nitrogen and oxygen atoms in total. The van der Waals surface area contributed by atoms with Crippen LogP contribution in [0.5, 0.6) is 0 Å². The lowest BCUT2D eigenvalue weighted by molar-refractivity contribution is 0.287. The minimum Gasteiger partial charge on any atom is -0.401 e. The number of allylic oxidation sites excluding steroid dienone is 2. The van der Waals surface area contributed by atoms with E-state index < -0.39 is 0 Å². The van der Waals surface area contributed by atoms with Crippen LogP contribution in [-0.4, -0.2) is 0 Å².